The quantitative estimate of drug-likeness (QED) is 0.471. The lowest BCUT2D eigenvalue weighted by atomic mass is 10.2. The van der Waals surface area contributed by atoms with E-state index in [1.165, 1.54) is 18.2 Å². The number of benzene rings is 1. The second-order valence-corrected chi connectivity index (χ2v) is 4.06. The van der Waals surface area contributed by atoms with Crippen molar-refractivity contribution in [1.29, 1.82) is 0 Å². The molecule has 1 atom stereocenters. The Balaban J connectivity index is 3.39. The third kappa shape index (κ3) is 2.49. The van der Waals surface area contributed by atoms with Gasteiger partial charge in [-0.05, 0) is 13.0 Å². The minimum absolute atomic E-state index is 0.0280. The molecule has 0 saturated carbocycles. The Morgan fingerprint density at radius 1 is 1.56 bits per heavy atom. The van der Waals surface area contributed by atoms with Gasteiger partial charge in [-0.1, -0.05) is 17.7 Å². The molecule has 0 saturated heterocycles. The molecule has 0 aromatic heterocycles. The van der Waals surface area contributed by atoms with Gasteiger partial charge in [0.15, 0.2) is 0 Å². The van der Waals surface area contributed by atoms with Gasteiger partial charge in [-0.15, -0.1) is 0 Å². The molecular formula is C8H8ClN2O4S-. The minimum atomic E-state index is -2.60. The van der Waals surface area contributed by atoms with Crippen LogP contribution in [-0.2, 0) is 11.3 Å². The molecule has 0 amide bonds. The third-order valence-corrected chi connectivity index (χ3v) is 2.98. The van der Waals surface area contributed by atoms with E-state index >= 15 is 0 Å². The summed E-state index contributed by atoms with van der Waals surface area (Å²) >= 11 is 3.17. The molecule has 16 heavy (non-hydrogen) atoms. The summed E-state index contributed by atoms with van der Waals surface area (Å²) in [5.41, 5.74) is -0.441. The minimum Gasteiger partial charge on any atom is -0.755 e. The van der Waals surface area contributed by atoms with Crippen LogP contribution in [0.4, 0.5) is 11.4 Å². The van der Waals surface area contributed by atoms with Gasteiger partial charge in [0.1, 0.15) is 5.69 Å². The van der Waals surface area contributed by atoms with Gasteiger partial charge in [0.25, 0.3) is 5.69 Å². The molecule has 0 radical (unpaired) electrons. The van der Waals surface area contributed by atoms with Crippen LogP contribution in [0.15, 0.2) is 18.2 Å². The number of nitrogens with zero attached hydrogens (tertiary/aromatic N) is 2. The maximum absolute atomic E-state index is 10.9. The van der Waals surface area contributed by atoms with Crippen molar-refractivity contribution in [3.05, 3.63) is 33.3 Å². The fourth-order valence-electron chi connectivity index (χ4n) is 1.24. The maximum Gasteiger partial charge on any atom is 0.294 e. The maximum atomic E-state index is 10.9. The molecule has 0 aliphatic rings. The average molecular weight is 264 g/mol. The van der Waals surface area contributed by atoms with Crippen LogP contribution in [0, 0.1) is 10.1 Å². The van der Waals surface area contributed by atoms with Gasteiger partial charge in [-0.25, -0.2) is 0 Å². The highest BCUT2D eigenvalue weighted by Crippen LogP contribution is 2.35. The first kappa shape index (κ1) is 12.9. The molecule has 1 aromatic carbocycles. The molecule has 6 nitrogen and oxygen atoms in total. The SMILES string of the molecule is CCN(c1c(Cl)cccc1[N+](=O)[O-])S(=O)[O-]. The van der Waals surface area contributed by atoms with Crippen molar-refractivity contribution in [3.63, 3.8) is 0 Å². The van der Waals surface area contributed by atoms with E-state index in [0.29, 0.717) is 0 Å². The van der Waals surface area contributed by atoms with E-state index in [1.54, 1.807) is 6.92 Å². The highest BCUT2D eigenvalue weighted by molar-refractivity contribution is 7.80. The molecule has 1 unspecified atom stereocenters. The average Bonchev–Trinajstić information content (AvgIpc) is 2.20. The van der Waals surface area contributed by atoms with Crippen molar-refractivity contribution in [2.75, 3.05) is 10.8 Å². The Labute approximate surface area is 99.4 Å². The molecular weight excluding hydrogens is 256 g/mol. The van der Waals surface area contributed by atoms with Crippen LogP contribution in [0.1, 0.15) is 6.92 Å². The first-order valence-electron chi connectivity index (χ1n) is 4.28. The molecule has 1 rings (SSSR count). The lowest BCUT2D eigenvalue weighted by molar-refractivity contribution is -0.384. The lowest BCUT2D eigenvalue weighted by Crippen LogP contribution is -2.25. The second kappa shape index (κ2) is 5.24. The zero-order valence-electron chi connectivity index (χ0n) is 8.25. The van der Waals surface area contributed by atoms with E-state index < -0.39 is 16.2 Å². The topological polar surface area (TPSA) is 86.5 Å². The van der Waals surface area contributed by atoms with E-state index in [9.17, 15) is 18.9 Å². The molecule has 0 bridgehead atoms. The van der Waals surface area contributed by atoms with Crippen molar-refractivity contribution in [2.45, 2.75) is 6.92 Å². The summed E-state index contributed by atoms with van der Waals surface area (Å²) in [7, 11) is 0. The summed E-state index contributed by atoms with van der Waals surface area (Å²) in [4.78, 5) is 10.1. The Hall–Kier alpha value is -1.18. The molecule has 0 spiro atoms. The van der Waals surface area contributed by atoms with Crippen molar-refractivity contribution in [3.8, 4) is 0 Å². The number of halogens is 1. The standard InChI is InChI=1S/C8H9ClN2O4S/c1-2-10(16(14)15)8-6(9)4-3-5-7(8)11(12)13/h3-5H,2H2,1H3,(H,14,15)/p-1. The van der Waals surface area contributed by atoms with Gasteiger partial charge in [-0.3, -0.25) is 18.6 Å². The molecule has 0 aliphatic heterocycles. The first-order valence-corrected chi connectivity index (χ1v) is 5.69. The lowest BCUT2D eigenvalue weighted by Gasteiger charge is -2.25. The van der Waals surface area contributed by atoms with Crippen LogP contribution >= 0.6 is 11.6 Å². The molecule has 8 heteroatoms. The highest BCUT2D eigenvalue weighted by Gasteiger charge is 2.22. The molecule has 0 N–H and O–H groups in total. The first-order chi connectivity index (χ1) is 7.49. The van der Waals surface area contributed by atoms with Crippen molar-refractivity contribution in [2.24, 2.45) is 0 Å². The van der Waals surface area contributed by atoms with Crippen LogP contribution in [0.2, 0.25) is 5.02 Å². The Kier molecular flexibility index (Phi) is 4.22. The number of hydrogen-bond donors (Lipinski definition) is 0. The van der Waals surface area contributed by atoms with Crippen molar-refractivity contribution >= 4 is 34.2 Å². The van der Waals surface area contributed by atoms with Crippen LogP contribution < -0.4 is 4.31 Å². The number of nitro groups is 1. The van der Waals surface area contributed by atoms with Gasteiger partial charge in [-0.2, -0.15) is 0 Å². The molecule has 0 aliphatic carbocycles. The van der Waals surface area contributed by atoms with E-state index in [4.69, 9.17) is 11.6 Å². The zero-order chi connectivity index (χ0) is 12.3. The third-order valence-electron chi connectivity index (χ3n) is 1.88. The summed E-state index contributed by atoms with van der Waals surface area (Å²) in [6, 6.07) is 4.00. The van der Waals surface area contributed by atoms with Crippen molar-refractivity contribution in [1.82, 2.24) is 0 Å². The molecule has 0 fully saturated rings. The summed E-state index contributed by atoms with van der Waals surface area (Å²) < 4.78 is 22.6. The summed E-state index contributed by atoms with van der Waals surface area (Å²) in [5.74, 6) is 0. The number of rotatable bonds is 4. The van der Waals surface area contributed by atoms with Gasteiger partial charge >= 0.3 is 0 Å². The van der Waals surface area contributed by atoms with Crippen LogP contribution in [0.25, 0.3) is 0 Å². The Morgan fingerprint density at radius 2 is 2.19 bits per heavy atom. The number of para-hydroxylation sites is 1. The monoisotopic (exact) mass is 263 g/mol. The normalized spacial score (nSPS) is 12.2. The number of nitro benzene ring substituents is 1. The van der Waals surface area contributed by atoms with Crippen LogP contribution in [0.3, 0.4) is 0 Å². The van der Waals surface area contributed by atoms with Gasteiger partial charge in [0, 0.05) is 23.9 Å². The van der Waals surface area contributed by atoms with Crippen LogP contribution in [-0.4, -0.2) is 20.2 Å². The summed E-state index contributed by atoms with van der Waals surface area (Å²) in [6.07, 6.45) is 0. The van der Waals surface area contributed by atoms with E-state index in [0.717, 1.165) is 4.31 Å². The van der Waals surface area contributed by atoms with Gasteiger partial charge in [0.05, 0.1) is 9.95 Å². The predicted molar refractivity (Wildman–Crippen MR) is 60.0 cm³/mol. The molecule has 1 aromatic rings. The van der Waals surface area contributed by atoms with Crippen molar-refractivity contribution < 1.29 is 13.7 Å². The molecule has 0 heterocycles. The number of anilines is 1. The predicted octanol–water partition coefficient (Wildman–Crippen LogP) is 1.87. The summed E-state index contributed by atoms with van der Waals surface area (Å²) in [6.45, 7) is 1.63. The second-order valence-electron chi connectivity index (χ2n) is 2.78. The molecule has 88 valence electrons. The van der Waals surface area contributed by atoms with Gasteiger partial charge in [0.2, 0.25) is 0 Å². The fourth-order valence-corrected chi connectivity index (χ4v) is 2.11. The summed E-state index contributed by atoms with van der Waals surface area (Å²) in [5, 5.41) is 10.8. The van der Waals surface area contributed by atoms with E-state index in [1.807, 2.05) is 0 Å². The number of hydrogen-bond acceptors (Lipinski definition) is 4. The Bertz CT molecular complexity index is 440. The van der Waals surface area contributed by atoms with E-state index in [2.05, 4.69) is 0 Å². The highest BCUT2D eigenvalue weighted by atomic mass is 35.5. The Morgan fingerprint density at radius 3 is 2.62 bits per heavy atom. The van der Waals surface area contributed by atoms with Crippen LogP contribution in [0.5, 0.6) is 0 Å². The van der Waals surface area contributed by atoms with Gasteiger partial charge < -0.3 is 4.55 Å². The smallest absolute Gasteiger partial charge is 0.294 e. The largest absolute Gasteiger partial charge is 0.755 e. The fraction of sp³-hybridized carbons (Fsp3) is 0.250. The van der Waals surface area contributed by atoms with E-state index in [-0.39, 0.29) is 22.9 Å². The zero-order valence-corrected chi connectivity index (χ0v) is 9.83.